The topological polar surface area (TPSA) is 47.3 Å². The molecular formula is C9H20N2O. The van der Waals surface area contributed by atoms with Crippen LogP contribution in [-0.2, 0) is 4.74 Å². The van der Waals surface area contributed by atoms with E-state index >= 15 is 0 Å². The molecule has 1 aliphatic rings. The molecule has 1 saturated heterocycles. The molecule has 0 aromatic carbocycles. The first-order chi connectivity index (χ1) is 5.83. The van der Waals surface area contributed by atoms with Crippen molar-refractivity contribution in [2.75, 3.05) is 32.8 Å². The minimum Gasteiger partial charge on any atom is -0.381 e. The van der Waals surface area contributed by atoms with Crippen LogP contribution in [0.5, 0.6) is 0 Å². The summed E-state index contributed by atoms with van der Waals surface area (Å²) in [7, 11) is 0. The minimum absolute atomic E-state index is 0.590. The first kappa shape index (κ1) is 9.96. The van der Waals surface area contributed by atoms with Gasteiger partial charge in [0.1, 0.15) is 0 Å². The zero-order valence-electron chi connectivity index (χ0n) is 7.88. The summed E-state index contributed by atoms with van der Waals surface area (Å²) in [5, 5.41) is 3.42. The van der Waals surface area contributed by atoms with E-state index in [-0.39, 0.29) is 0 Å². The monoisotopic (exact) mass is 172 g/mol. The Morgan fingerprint density at radius 3 is 3.08 bits per heavy atom. The molecule has 0 spiro atoms. The Bertz CT molecular complexity index is 113. The van der Waals surface area contributed by atoms with E-state index in [1.807, 2.05) is 0 Å². The Morgan fingerprint density at radius 2 is 2.50 bits per heavy atom. The molecule has 1 aliphatic heterocycles. The third-order valence-electron chi connectivity index (χ3n) is 2.35. The third-order valence-corrected chi connectivity index (χ3v) is 2.35. The summed E-state index contributed by atoms with van der Waals surface area (Å²) in [6, 6.07) is 0. The van der Waals surface area contributed by atoms with Gasteiger partial charge in [-0.25, -0.2) is 0 Å². The van der Waals surface area contributed by atoms with Crippen LogP contribution in [0.4, 0.5) is 0 Å². The zero-order chi connectivity index (χ0) is 8.81. The van der Waals surface area contributed by atoms with Crippen molar-refractivity contribution in [1.29, 1.82) is 0 Å². The van der Waals surface area contributed by atoms with Crippen LogP contribution in [0.25, 0.3) is 0 Å². The number of ether oxygens (including phenoxy) is 1. The Labute approximate surface area is 74.7 Å². The largest absolute Gasteiger partial charge is 0.381 e. The second-order valence-corrected chi connectivity index (χ2v) is 3.73. The lowest BCUT2D eigenvalue weighted by atomic mass is 10.1. The standard InChI is InChI=1S/C9H20N2O/c1-8(4-10)5-11-6-9-2-3-12-7-9/h8-9,11H,2-7,10H2,1H3. The summed E-state index contributed by atoms with van der Waals surface area (Å²) >= 11 is 0. The Kier molecular flexibility index (Phi) is 4.58. The van der Waals surface area contributed by atoms with E-state index in [0.29, 0.717) is 5.92 Å². The maximum Gasteiger partial charge on any atom is 0.0507 e. The smallest absolute Gasteiger partial charge is 0.0507 e. The fourth-order valence-electron chi connectivity index (χ4n) is 1.36. The van der Waals surface area contributed by atoms with Crippen molar-refractivity contribution >= 4 is 0 Å². The van der Waals surface area contributed by atoms with E-state index < -0.39 is 0 Å². The molecule has 0 saturated carbocycles. The highest BCUT2D eigenvalue weighted by atomic mass is 16.5. The van der Waals surface area contributed by atoms with E-state index in [9.17, 15) is 0 Å². The average molecular weight is 172 g/mol. The molecule has 3 heteroatoms. The summed E-state index contributed by atoms with van der Waals surface area (Å²) in [4.78, 5) is 0. The molecule has 72 valence electrons. The van der Waals surface area contributed by atoms with Gasteiger partial charge in [-0.1, -0.05) is 6.92 Å². The number of nitrogens with two attached hydrogens (primary N) is 1. The van der Waals surface area contributed by atoms with Gasteiger partial charge in [0.05, 0.1) is 6.61 Å². The summed E-state index contributed by atoms with van der Waals surface area (Å²) in [6.07, 6.45) is 1.21. The number of nitrogens with one attached hydrogen (secondary N) is 1. The lowest BCUT2D eigenvalue weighted by Crippen LogP contribution is -2.30. The summed E-state index contributed by atoms with van der Waals surface area (Å²) in [6.45, 7) is 6.94. The quantitative estimate of drug-likeness (QED) is 0.623. The second kappa shape index (κ2) is 5.51. The van der Waals surface area contributed by atoms with Gasteiger partial charge in [-0.15, -0.1) is 0 Å². The number of rotatable bonds is 5. The molecule has 0 aromatic heterocycles. The lowest BCUT2D eigenvalue weighted by Gasteiger charge is -2.12. The Balaban J connectivity index is 1.94. The summed E-state index contributed by atoms with van der Waals surface area (Å²) in [5.41, 5.74) is 5.50. The van der Waals surface area contributed by atoms with Crippen molar-refractivity contribution in [2.45, 2.75) is 13.3 Å². The molecule has 12 heavy (non-hydrogen) atoms. The molecule has 1 rings (SSSR count). The van der Waals surface area contributed by atoms with Gasteiger partial charge in [-0.3, -0.25) is 0 Å². The SMILES string of the molecule is CC(CN)CNCC1CCOC1. The van der Waals surface area contributed by atoms with E-state index in [1.54, 1.807) is 0 Å². The van der Waals surface area contributed by atoms with Gasteiger partial charge in [-0.2, -0.15) is 0 Å². The molecule has 3 N–H and O–H groups in total. The highest BCUT2D eigenvalue weighted by Gasteiger charge is 2.14. The van der Waals surface area contributed by atoms with E-state index in [1.165, 1.54) is 6.42 Å². The van der Waals surface area contributed by atoms with Crippen LogP contribution in [0.2, 0.25) is 0 Å². The molecule has 2 unspecified atom stereocenters. The average Bonchev–Trinajstić information content (AvgIpc) is 2.57. The van der Waals surface area contributed by atoms with Crippen LogP contribution in [0.1, 0.15) is 13.3 Å². The number of hydrogen-bond donors (Lipinski definition) is 2. The van der Waals surface area contributed by atoms with Crippen LogP contribution in [0.3, 0.4) is 0 Å². The maximum atomic E-state index is 5.50. The zero-order valence-corrected chi connectivity index (χ0v) is 7.88. The summed E-state index contributed by atoms with van der Waals surface area (Å²) < 4.78 is 5.28. The highest BCUT2D eigenvalue weighted by molar-refractivity contribution is 4.67. The first-order valence-corrected chi connectivity index (χ1v) is 4.81. The lowest BCUT2D eigenvalue weighted by molar-refractivity contribution is 0.185. The van der Waals surface area contributed by atoms with Gasteiger partial charge in [0.15, 0.2) is 0 Å². The van der Waals surface area contributed by atoms with Crippen molar-refractivity contribution in [3.63, 3.8) is 0 Å². The second-order valence-electron chi connectivity index (χ2n) is 3.73. The molecule has 0 bridgehead atoms. The fourth-order valence-corrected chi connectivity index (χ4v) is 1.36. The van der Waals surface area contributed by atoms with Crippen molar-refractivity contribution in [2.24, 2.45) is 17.6 Å². The van der Waals surface area contributed by atoms with Crippen LogP contribution in [0.15, 0.2) is 0 Å². The minimum atomic E-state index is 0.590. The maximum absolute atomic E-state index is 5.50. The van der Waals surface area contributed by atoms with Crippen molar-refractivity contribution in [3.05, 3.63) is 0 Å². The Hall–Kier alpha value is -0.120. The molecule has 1 fully saturated rings. The van der Waals surface area contributed by atoms with Crippen molar-refractivity contribution < 1.29 is 4.74 Å². The normalized spacial score (nSPS) is 26.0. The van der Waals surface area contributed by atoms with Crippen LogP contribution in [0, 0.1) is 11.8 Å². The first-order valence-electron chi connectivity index (χ1n) is 4.81. The van der Waals surface area contributed by atoms with Crippen molar-refractivity contribution in [3.8, 4) is 0 Å². The van der Waals surface area contributed by atoms with Gasteiger partial charge in [-0.05, 0) is 31.3 Å². The van der Waals surface area contributed by atoms with Gasteiger partial charge < -0.3 is 15.8 Å². The van der Waals surface area contributed by atoms with Gasteiger partial charge in [0.2, 0.25) is 0 Å². The molecule has 0 amide bonds. The van der Waals surface area contributed by atoms with Gasteiger partial charge in [0, 0.05) is 13.2 Å². The van der Waals surface area contributed by atoms with Crippen LogP contribution < -0.4 is 11.1 Å². The van der Waals surface area contributed by atoms with E-state index in [4.69, 9.17) is 10.5 Å². The molecule has 1 heterocycles. The van der Waals surface area contributed by atoms with Crippen LogP contribution in [-0.4, -0.2) is 32.8 Å². The third kappa shape index (κ3) is 3.52. The predicted octanol–water partition coefficient (Wildman–Crippen LogP) is 0.207. The van der Waals surface area contributed by atoms with Crippen molar-refractivity contribution in [1.82, 2.24) is 5.32 Å². The molecular weight excluding hydrogens is 152 g/mol. The van der Waals surface area contributed by atoms with Gasteiger partial charge >= 0.3 is 0 Å². The molecule has 0 aliphatic carbocycles. The fraction of sp³-hybridized carbons (Fsp3) is 1.00. The highest BCUT2D eigenvalue weighted by Crippen LogP contribution is 2.10. The van der Waals surface area contributed by atoms with Crippen LogP contribution >= 0.6 is 0 Å². The van der Waals surface area contributed by atoms with Gasteiger partial charge in [0.25, 0.3) is 0 Å². The number of hydrogen-bond acceptors (Lipinski definition) is 3. The molecule has 0 radical (unpaired) electrons. The van der Waals surface area contributed by atoms with E-state index in [0.717, 1.165) is 38.8 Å². The van der Waals surface area contributed by atoms with E-state index in [2.05, 4.69) is 12.2 Å². The molecule has 3 nitrogen and oxygen atoms in total. The predicted molar refractivity (Wildman–Crippen MR) is 50.0 cm³/mol. The molecule has 0 aromatic rings. The summed E-state index contributed by atoms with van der Waals surface area (Å²) in [5.74, 6) is 1.32. The molecule has 2 atom stereocenters. The Morgan fingerprint density at radius 1 is 1.67 bits per heavy atom.